The lowest BCUT2D eigenvalue weighted by molar-refractivity contribution is 0.0945. The van der Waals surface area contributed by atoms with Gasteiger partial charge in [-0.2, -0.15) is 5.10 Å². The fourth-order valence-corrected chi connectivity index (χ4v) is 2.42. The molecule has 0 atom stereocenters. The van der Waals surface area contributed by atoms with Crippen molar-refractivity contribution in [3.05, 3.63) is 40.7 Å². The summed E-state index contributed by atoms with van der Waals surface area (Å²) in [6, 6.07) is 5.59. The molecular weight excluding hydrogens is 330 g/mol. The number of carbonyl (C=O) groups excluding carboxylic acids is 1. The molecule has 1 amide bonds. The number of ether oxygens (including phenoxy) is 2. The van der Waals surface area contributed by atoms with Gasteiger partial charge in [-0.3, -0.25) is 9.48 Å². The first-order valence-corrected chi connectivity index (χ1v) is 8.36. The van der Waals surface area contributed by atoms with Crippen LogP contribution in [-0.2, 0) is 13.1 Å². The Bertz CT molecular complexity index is 700. The average molecular weight is 352 g/mol. The Hall–Kier alpha value is -2.21. The van der Waals surface area contributed by atoms with Crippen molar-refractivity contribution in [1.29, 1.82) is 0 Å². The second-order valence-electron chi connectivity index (χ2n) is 5.01. The number of halogens is 1. The van der Waals surface area contributed by atoms with Crippen LogP contribution >= 0.6 is 11.6 Å². The molecule has 0 radical (unpaired) electrons. The van der Waals surface area contributed by atoms with Crippen LogP contribution < -0.4 is 14.8 Å². The Morgan fingerprint density at radius 2 is 1.92 bits per heavy atom. The molecule has 130 valence electrons. The highest BCUT2D eigenvalue weighted by Gasteiger charge is 2.15. The van der Waals surface area contributed by atoms with Crippen LogP contribution in [0.1, 0.15) is 36.8 Å². The third-order valence-corrected chi connectivity index (χ3v) is 3.59. The standard InChI is InChI=1S/C17H22ClN3O3/c1-4-21-11-13(18)16(20-21)17(22)19-10-12-7-8-14(23-5-2)15(9-12)24-6-3/h7-9,11H,4-6,10H2,1-3H3,(H,19,22). The highest BCUT2D eigenvalue weighted by molar-refractivity contribution is 6.33. The van der Waals surface area contributed by atoms with Crippen LogP contribution in [0.15, 0.2) is 24.4 Å². The van der Waals surface area contributed by atoms with Gasteiger partial charge >= 0.3 is 0 Å². The van der Waals surface area contributed by atoms with E-state index in [2.05, 4.69) is 10.4 Å². The maximum absolute atomic E-state index is 12.2. The number of aromatic nitrogens is 2. The molecule has 0 aliphatic heterocycles. The molecule has 2 rings (SSSR count). The molecule has 0 saturated heterocycles. The molecule has 7 heteroatoms. The second kappa shape index (κ2) is 8.59. The first kappa shape index (κ1) is 18.1. The molecule has 0 unspecified atom stereocenters. The number of rotatable bonds is 8. The van der Waals surface area contributed by atoms with Crippen molar-refractivity contribution in [3.63, 3.8) is 0 Å². The van der Waals surface area contributed by atoms with Crippen molar-refractivity contribution < 1.29 is 14.3 Å². The zero-order chi connectivity index (χ0) is 17.5. The minimum absolute atomic E-state index is 0.231. The van der Waals surface area contributed by atoms with Gasteiger partial charge in [0.05, 0.1) is 18.2 Å². The van der Waals surface area contributed by atoms with Crippen LogP contribution in [-0.4, -0.2) is 28.9 Å². The zero-order valence-electron chi connectivity index (χ0n) is 14.1. The summed E-state index contributed by atoms with van der Waals surface area (Å²) in [6.45, 7) is 7.87. The summed E-state index contributed by atoms with van der Waals surface area (Å²) in [5.74, 6) is 1.05. The molecule has 1 aromatic heterocycles. The fourth-order valence-electron chi connectivity index (χ4n) is 2.18. The van der Waals surface area contributed by atoms with Crippen LogP contribution in [0.2, 0.25) is 5.02 Å². The van der Waals surface area contributed by atoms with Gasteiger partial charge in [0.15, 0.2) is 17.2 Å². The van der Waals surface area contributed by atoms with Gasteiger partial charge in [-0.05, 0) is 38.5 Å². The highest BCUT2D eigenvalue weighted by Crippen LogP contribution is 2.28. The smallest absolute Gasteiger partial charge is 0.273 e. The van der Waals surface area contributed by atoms with Gasteiger partial charge in [-0.1, -0.05) is 17.7 Å². The van der Waals surface area contributed by atoms with Crippen LogP contribution in [0.4, 0.5) is 0 Å². The number of benzene rings is 1. The van der Waals surface area contributed by atoms with Gasteiger partial charge in [-0.25, -0.2) is 0 Å². The predicted octanol–water partition coefficient (Wildman–Crippen LogP) is 3.28. The van der Waals surface area contributed by atoms with Crippen molar-refractivity contribution in [2.75, 3.05) is 13.2 Å². The summed E-state index contributed by atoms with van der Waals surface area (Å²) in [5.41, 5.74) is 1.13. The second-order valence-corrected chi connectivity index (χ2v) is 5.42. The number of aryl methyl sites for hydroxylation is 1. The van der Waals surface area contributed by atoms with E-state index in [1.807, 2.05) is 39.0 Å². The molecule has 0 fully saturated rings. The van der Waals surface area contributed by atoms with Crippen molar-refractivity contribution in [2.24, 2.45) is 0 Å². The van der Waals surface area contributed by atoms with E-state index in [1.54, 1.807) is 10.9 Å². The van der Waals surface area contributed by atoms with E-state index in [4.69, 9.17) is 21.1 Å². The Morgan fingerprint density at radius 1 is 1.21 bits per heavy atom. The number of nitrogens with zero attached hydrogens (tertiary/aromatic N) is 2. The van der Waals surface area contributed by atoms with E-state index >= 15 is 0 Å². The van der Waals surface area contributed by atoms with Gasteiger partial charge in [0.25, 0.3) is 5.91 Å². The van der Waals surface area contributed by atoms with E-state index in [9.17, 15) is 4.79 Å². The Kier molecular flexibility index (Phi) is 6.49. The van der Waals surface area contributed by atoms with Crippen molar-refractivity contribution in [3.8, 4) is 11.5 Å². The normalized spacial score (nSPS) is 10.5. The molecule has 0 bridgehead atoms. The van der Waals surface area contributed by atoms with Gasteiger partial charge in [-0.15, -0.1) is 0 Å². The fraction of sp³-hybridized carbons (Fsp3) is 0.412. The quantitative estimate of drug-likeness (QED) is 0.792. The molecule has 0 saturated carbocycles. The lowest BCUT2D eigenvalue weighted by Crippen LogP contribution is -2.23. The number of nitrogens with one attached hydrogen (secondary N) is 1. The summed E-state index contributed by atoms with van der Waals surface area (Å²) in [4.78, 5) is 12.2. The molecule has 1 aromatic carbocycles. The summed E-state index contributed by atoms with van der Waals surface area (Å²) >= 11 is 6.04. The van der Waals surface area contributed by atoms with Crippen molar-refractivity contribution in [1.82, 2.24) is 15.1 Å². The first-order valence-electron chi connectivity index (χ1n) is 7.98. The van der Waals surface area contributed by atoms with E-state index < -0.39 is 0 Å². The van der Waals surface area contributed by atoms with Crippen molar-refractivity contribution in [2.45, 2.75) is 33.9 Å². The van der Waals surface area contributed by atoms with Gasteiger partial charge in [0.2, 0.25) is 0 Å². The first-order chi connectivity index (χ1) is 11.6. The minimum Gasteiger partial charge on any atom is -0.490 e. The van der Waals surface area contributed by atoms with Crippen molar-refractivity contribution >= 4 is 17.5 Å². The molecule has 0 aliphatic rings. The number of carbonyl (C=O) groups is 1. The molecule has 2 aromatic rings. The highest BCUT2D eigenvalue weighted by atomic mass is 35.5. The molecule has 6 nitrogen and oxygen atoms in total. The number of hydrogen-bond donors (Lipinski definition) is 1. The maximum Gasteiger partial charge on any atom is 0.273 e. The Morgan fingerprint density at radius 3 is 2.54 bits per heavy atom. The van der Waals surface area contributed by atoms with Crippen LogP contribution in [0.5, 0.6) is 11.5 Å². The summed E-state index contributed by atoms with van der Waals surface area (Å²) < 4.78 is 12.7. The number of amides is 1. The van der Waals surface area contributed by atoms with E-state index in [-0.39, 0.29) is 11.6 Å². The van der Waals surface area contributed by atoms with Gasteiger partial charge < -0.3 is 14.8 Å². The van der Waals surface area contributed by atoms with Crippen LogP contribution in [0, 0.1) is 0 Å². The predicted molar refractivity (Wildman–Crippen MR) is 92.9 cm³/mol. The topological polar surface area (TPSA) is 65.4 Å². The van der Waals surface area contributed by atoms with E-state index in [0.29, 0.717) is 42.8 Å². The number of hydrogen-bond acceptors (Lipinski definition) is 4. The summed E-state index contributed by atoms with van der Waals surface area (Å²) in [7, 11) is 0. The molecule has 1 heterocycles. The van der Waals surface area contributed by atoms with Gasteiger partial charge in [0, 0.05) is 19.3 Å². The Labute approximate surface area is 146 Å². The molecular formula is C17H22ClN3O3. The zero-order valence-corrected chi connectivity index (χ0v) is 14.9. The van der Waals surface area contributed by atoms with E-state index in [0.717, 1.165) is 5.56 Å². The molecule has 1 N–H and O–H groups in total. The largest absolute Gasteiger partial charge is 0.490 e. The van der Waals surface area contributed by atoms with Crippen LogP contribution in [0.25, 0.3) is 0 Å². The summed E-state index contributed by atoms with van der Waals surface area (Å²) in [5, 5.41) is 7.32. The molecule has 0 spiro atoms. The minimum atomic E-state index is -0.306. The third-order valence-electron chi connectivity index (χ3n) is 3.32. The van der Waals surface area contributed by atoms with Gasteiger partial charge in [0.1, 0.15) is 0 Å². The molecule has 0 aliphatic carbocycles. The lowest BCUT2D eigenvalue weighted by Gasteiger charge is -2.12. The SMILES string of the molecule is CCOc1ccc(CNC(=O)c2nn(CC)cc2Cl)cc1OCC. The average Bonchev–Trinajstić information content (AvgIpc) is 2.96. The molecule has 24 heavy (non-hydrogen) atoms. The maximum atomic E-state index is 12.2. The summed E-state index contributed by atoms with van der Waals surface area (Å²) in [6.07, 6.45) is 1.64. The Balaban J connectivity index is 2.06. The van der Waals surface area contributed by atoms with Crippen LogP contribution in [0.3, 0.4) is 0 Å². The van der Waals surface area contributed by atoms with E-state index in [1.165, 1.54) is 0 Å². The lowest BCUT2D eigenvalue weighted by atomic mass is 10.2. The monoisotopic (exact) mass is 351 g/mol. The third kappa shape index (κ3) is 4.41.